The number of aryl methyl sites for hydroxylation is 2. The fourth-order valence-corrected chi connectivity index (χ4v) is 6.21. The first kappa shape index (κ1) is 24.3. The Morgan fingerprint density at radius 1 is 0.667 bits per heavy atom. The zero-order chi connectivity index (χ0) is 28.5. The summed E-state index contributed by atoms with van der Waals surface area (Å²) < 4.78 is 8.39. The number of hydrogen-bond acceptors (Lipinski definition) is 4. The number of oxazole rings is 1. The van der Waals surface area contributed by atoms with Crippen LogP contribution in [0.2, 0.25) is 0 Å². The second kappa shape index (κ2) is 8.98. The van der Waals surface area contributed by atoms with E-state index in [1.807, 2.05) is 103 Å². The molecule has 0 aliphatic heterocycles. The second-order valence-corrected chi connectivity index (χ2v) is 10.8. The van der Waals surface area contributed by atoms with Crippen molar-refractivity contribution < 1.29 is 14.0 Å². The van der Waals surface area contributed by atoms with Crippen molar-refractivity contribution in [3.63, 3.8) is 0 Å². The number of carbonyl (C=O) groups is 2. The molecule has 0 atom stereocenters. The summed E-state index contributed by atoms with van der Waals surface area (Å²) in [7, 11) is 0. The molecule has 0 spiro atoms. The first-order valence-electron chi connectivity index (χ1n) is 13.9. The largest absolute Gasteiger partial charge is 0.434 e. The van der Waals surface area contributed by atoms with Crippen LogP contribution in [0.1, 0.15) is 37.5 Å². The molecule has 1 aliphatic rings. The Morgan fingerprint density at radius 3 is 1.95 bits per heavy atom. The van der Waals surface area contributed by atoms with Crippen molar-refractivity contribution in [2.75, 3.05) is 0 Å². The van der Waals surface area contributed by atoms with Gasteiger partial charge in [-0.1, -0.05) is 78.9 Å². The highest BCUT2D eigenvalue weighted by atomic mass is 16.3. The van der Waals surface area contributed by atoms with Crippen LogP contribution in [-0.2, 0) is 0 Å². The molecule has 0 saturated carbocycles. The molecular weight excluding hydrogens is 520 g/mol. The van der Waals surface area contributed by atoms with E-state index in [1.54, 1.807) is 6.08 Å². The molecule has 0 amide bonds. The molecule has 0 unspecified atom stereocenters. The summed E-state index contributed by atoms with van der Waals surface area (Å²) in [6.45, 7) is 4.09. The van der Waals surface area contributed by atoms with E-state index in [9.17, 15) is 9.59 Å². The predicted molar refractivity (Wildman–Crippen MR) is 166 cm³/mol. The van der Waals surface area contributed by atoms with Crippen LogP contribution < -0.4 is 0 Å². The number of hydrogen-bond donors (Lipinski definition) is 0. The number of ketones is 2. The first-order chi connectivity index (χ1) is 20.5. The third kappa shape index (κ3) is 3.53. The normalized spacial score (nSPS) is 13.0. The van der Waals surface area contributed by atoms with Gasteiger partial charge in [-0.25, -0.2) is 0 Å². The SMILES string of the molecule is Cc1cccc(C)c1-n1c(C=C2C(=O)c3cc4ccccc4cc3C2=O)cc2oc(-c3cccc4ccccc34)nc21. The van der Waals surface area contributed by atoms with Gasteiger partial charge < -0.3 is 4.42 Å². The van der Waals surface area contributed by atoms with E-state index in [0.717, 1.165) is 43.9 Å². The molecule has 2 heterocycles. The number of para-hydroxylation sites is 1. The molecule has 1 aliphatic carbocycles. The molecule has 5 heteroatoms. The van der Waals surface area contributed by atoms with Crippen LogP contribution in [0.3, 0.4) is 0 Å². The number of nitrogens with zero attached hydrogens (tertiary/aromatic N) is 2. The number of allylic oxidation sites excluding steroid dienone is 1. The van der Waals surface area contributed by atoms with Gasteiger partial charge in [0.05, 0.1) is 17.0 Å². The molecule has 7 aromatic rings. The number of fused-ring (bicyclic) bond motifs is 4. The molecule has 0 saturated heterocycles. The molecule has 0 fully saturated rings. The Morgan fingerprint density at radius 2 is 1.26 bits per heavy atom. The van der Waals surface area contributed by atoms with Crippen LogP contribution in [0, 0.1) is 13.8 Å². The van der Waals surface area contributed by atoms with Gasteiger partial charge in [0.15, 0.2) is 22.8 Å². The molecule has 2 aromatic heterocycles. The molecule has 5 nitrogen and oxygen atoms in total. The van der Waals surface area contributed by atoms with E-state index < -0.39 is 0 Å². The monoisotopic (exact) mass is 544 g/mol. The Balaban J connectivity index is 1.34. The van der Waals surface area contributed by atoms with Gasteiger partial charge in [0.2, 0.25) is 5.89 Å². The minimum atomic E-state index is -0.268. The average molecular weight is 545 g/mol. The van der Waals surface area contributed by atoms with Crippen molar-refractivity contribution in [2.24, 2.45) is 0 Å². The minimum absolute atomic E-state index is 0.141. The molecule has 0 bridgehead atoms. The van der Waals surface area contributed by atoms with Gasteiger partial charge in [0.25, 0.3) is 0 Å². The zero-order valence-corrected chi connectivity index (χ0v) is 23.0. The summed E-state index contributed by atoms with van der Waals surface area (Å²) >= 11 is 0. The predicted octanol–water partition coefficient (Wildman–Crippen LogP) is 8.67. The van der Waals surface area contributed by atoms with Gasteiger partial charge in [-0.3, -0.25) is 14.2 Å². The smallest absolute Gasteiger partial charge is 0.229 e. The first-order valence-corrected chi connectivity index (χ1v) is 13.9. The van der Waals surface area contributed by atoms with Gasteiger partial charge >= 0.3 is 0 Å². The summed E-state index contributed by atoms with van der Waals surface area (Å²) in [5.74, 6) is -0.0184. The molecule has 42 heavy (non-hydrogen) atoms. The lowest BCUT2D eigenvalue weighted by Gasteiger charge is -2.14. The maximum absolute atomic E-state index is 13.6. The average Bonchev–Trinajstić information content (AvgIpc) is 3.63. The zero-order valence-electron chi connectivity index (χ0n) is 23.0. The third-order valence-electron chi connectivity index (χ3n) is 8.22. The highest BCUT2D eigenvalue weighted by molar-refractivity contribution is 6.42. The standard InChI is InChI=1S/C37H24N2O3/c1-21-9-7-10-22(2)33(21)39-26(19-31-34(40)29-17-24-12-3-4-13-25(24)18-30(29)35(31)41)20-32-36(39)38-37(42-32)28-16-8-14-23-11-5-6-15-27(23)28/h3-20H,1-2H3. The number of rotatable bonds is 3. The van der Waals surface area contributed by atoms with Crippen molar-refractivity contribution in [3.05, 3.63) is 137 Å². The lowest BCUT2D eigenvalue weighted by molar-refractivity contribution is 0.0990. The van der Waals surface area contributed by atoms with Crippen LogP contribution >= 0.6 is 0 Å². The van der Waals surface area contributed by atoms with Crippen molar-refractivity contribution >= 4 is 50.4 Å². The quantitative estimate of drug-likeness (QED) is 0.165. The van der Waals surface area contributed by atoms with E-state index in [-0.39, 0.29) is 17.1 Å². The minimum Gasteiger partial charge on any atom is -0.434 e. The van der Waals surface area contributed by atoms with E-state index in [4.69, 9.17) is 9.40 Å². The highest BCUT2D eigenvalue weighted by Gasteiger charge is 2.34. The lowest BCUT2D eigenvalue weighted by Crippen LogP contribution is -2.05. The lowest BCUT2D eigenvalue weighted by atomic mass is 10.0. The molecule has 0 N–H and O–H groups in total. The fraction of sp³-hybridized carbons (Fsp3) is 0.0541. The van der Waals surface area contributed by atoms with E-state index in [1.165, 1.54) is 0 Å². The summed E-state index contributed by atoms with van der Waals surface area (Å²) in [6, 6.07) is 33.6. The second-order valence-electron chi connectivity index (χ2n) is 10.8. The van der Waals surface area contributed by atoms with Crippen LogP contribution in [0.5, 0.6) is 0 Å². The molecule has 0 radical (unpaired) electrons. The number of benzene rings is 5. The number of Topliss-reactive ketones (excluding diaryl/α,β-unsaturated/α-hetero) is 2. The van der Waals surface area contributed by atoms with E-state index in [2.05, 4.69) is 18.2 Å². The molecular formula is C37H24N2O3. The molecule has 8 rings (SSSR count). The van der Waals surface area contributed by atoms with Crippen molar-refractivity contribution in [1.82, 2.24) is 9.55 Å². The Hall–Kier alpha value is -5.55. The summed E-state index contributed by atoms with van der Waals surface area (Å²) in [5.41, 5.74) is 6.82. The van der Waals surface area contributed by atoms with Crippen LogP contribution in [0.4, 0.5) is 0 Å². The fourth-order valence-electron chi connectivity index (χ4n) is 6.21. The molecule has 5 aromatic carbocycles. The van der Waals surface area contributed by atoms with Gasteiger partial charge in [0, 0.05) is 22.8 Å². The van der Waals surface area contributed by atoms with Gasteiger partial charge in [-0.15, -0.1) is 0 Å². The number of carbonyl (C=O) groups excluding carboxylic acids is 2. The van der Waals surface area contributed by atoms with Crippen LogP contribution in [0.25, 0.3) is 56.0 Å². The Labute approximate surface area is 241 Å². The Bertz CT molecular complexity index is 2230. The van der Waals surface area contributed by atoms with E-state index >= 15 is 0 Å². The molecule has 200 valence electrons. The summed E-state index contributed by atoms with van der Waals surface area (Å²) in [6.07, 6.45) is 1.69. The summed E-state index contributed by atoms with van der Waals surface area (Å²) in [5, 5.41) is 4.02. The maximum atomic E-state index is 13.6. The Kier molecular flexibility index (Phi) is 5.19. The number of aromatic nitrogens is 2. The maximum Gasteiger partial charge on any atom is 0.229 e. The third-order valence-corrected chi connectivity index (χ3v) is 8.22. The highest BCUT2D eigenvalue weighted by Crippen LogP contribution is 2.37. The van der Waals surface area contributed by atoms with Crippen LogP contribution in [-0.4, -0.2) is 21.1 Å². The van der Waals surface area contributed by atoms with E-state index in [0.29, 0.717) is 33.9 Å². The van der Waals surface area contributed by atoms with Gasteiger partial charge in [0.1, 0.15) is 0 Å². The van der Waals surface area contributed by atoms with Crippen molar-refractivity contribution in [3.8, 4) is 17.1 Å². The van der Waals surface area contributed by atoms with Gasteiger partial charge in [-0.2, -0.15) is 4.98 Å². The van der Waals surface area contributed by atoms with Gasteiger partial charge in [-0.05, 0) is 70.8 Å². The van der Waals surface area contributed by atoms with Crippen molar-refractivity contribution in [2.45, 2.75) is 13.8 Å². The van der Waals surface area contributed by atoms with Crippen LogP contribution in [0.15, 0.2) is 113 Å². The topological polar surface area (TPSA) is 65.1 Å². The summed E-state index contributed by atoms with van der Waals surface area (Å²) in [4.78, 5) is 32.2. The van der Waals surface area contributed by atoms with Crippen molar-refractivity contribution in [1.29, 1.82) is 0 Å².